The number of benzene rings is 1. The predicted molar refractivity (Wildman–Crippen MR) is 57.8 cm³/mol. The van der Waals surface area contributed by atoms with Crippen LogP contribution in [0.3, 0.4) is 0 Å². The van der Waals surface area contributed by atoms with Crippen molar-refractivity contribution < 1.29 is 8.42 Å². The van der Waals surface area contributed by atoms with Crippen LogP contribution >= 0.6 is 0 Å². The normalized spacial score (nSPS) is 11.2. The Balaban J connectivity index is 2.23. The summed E-state index contributed by atoms with van der Waals surface area (Å²) in [5.41, 5.74) is 0.966. The van der Waals surface area contributed by atoms with Crippen molar-refractivity contribution in [3.63, 3.8) is 0 Å². The molecule has 0 radical (unpaired) electrons. The van der Waals surface area contributed by atoms with Gasteiger partial charge in [-0.2, -0.15) is 0 Å². The topological polar surface area (TPSA) is 58.2 Å². The average molecular weight is 214 g/mol. The van der Waals surface area contributed by atoms with E-state index in [2.05, 4.69) is 10.6 Å². The molecule has 2 N–H and O–H groups in total. The number of rotatable bonds is 5. The van der Waals surface area contributed by atoms with Gasteiger partial charge in [-0.15, -0.1) is 0 Å². The van der Waals surface area contributed by atoms with E-state index in [1.807, 2.05) is 30.3 Å². The lowest BCUT2D eigenvalue weighted by molar-refractivity contribution is 0.595. The Morgan fingerprint density at radius 3 is 2.43 bits per heavy atom. The van der Waals surface area contributed by atoms with Gasteiger partial charge in [-0.3, -0.25) is 5.32 Å². The third-order valence-corrected chi connectivity index (χ3v) is 2.28. The van der Waals surface area contributed by atoms with Gasteiger partial charge in [0.15, 0.2) is 9.84 Å². The maximum atomic E-state index is 10.8. The molecule has 0 spiro atoms. The number of para-hydroxylation sites is 1. The van der Waals surface area contributed by atoms with Crippen molar-refractivity contribution in [3.05, 3.63) is 30.3 Å². The highest BCUT2D eigenvalue weighted by atomic mass is 32.2. The largest absolute Gasteiger partial charge is 0.372 e. The van der Waals surface area contributed by atoms with Crippen LogP contribution in [0.5, 0.6) is 0 Å². The zero-order valence-corrected chi connectivity index (χ0v) is 8.84. The van der Waals surface area contributed by atoms with E-state index in [1.54, 1.807) is 0 Å². The Labute approximate surface area is 84.3 Å². The second-order valence-corrected chi connectivity index (χ2v) is 5.18. The van der Waals surface area contributed by atoms with Gasteiger partial charge in [0.25, 0.3) is 0 Å². The summed E-state index contributed by atoms with van der Waals surface area (Å²) in [4.78, 5) is 0. The molecule has 1 aromatic rings. The highest BCUT2D eigenvalue weighted by Gasteiger charge is 1.98. The van der Waals surface area contributed by atoms with Gasteiger partial charge in [0, 0.05) is 11.9 Å². The zero-order chi connectivity index (χ0) is 10.4. The highest BCUT2D eigenvalue weighted by molar-refractivity contribution is 7.90. The van der Waals surface area contributed by atoms with Crippen molar-refractivity contribution in [1.29, 1.82) is 0 Å². The van der Waals surface area contributed by atoms with Crippen LogP contribution in [0, 0.1) is 0 Å². The Hall–Kier alpha value is -1.07. The highest BCUT2D eigenvalue weighted by Crippen LogP contribution is 2.02. The van der Waals surface area contributed by atoms with Crippen molar-refractivity contribution in [3.8, 4) is 0 Å². The molecule has 0 bridgehead atoms. The first-order chi connectivity index (χ1) is 6.58. The van der Waals surface area contributed by atoms with E-state index in [9.17, 15) is 8.42 Å². The van der Waals surface area contributed by atoms with Crippen LogP contribution in [-0.2, 0) is 9.84 Å². The molecule has 0 atom stereocenters. The average Bonchev–Trinajstić information content (AvgIpc) is 2.13. The molecule has 0 aliphatic heterocycles. The summed E-state index contributed by atoms with van der Waals surface area (Å²) in [6, 6.07) is 9.59. The Kier molecular flexibility index (Phi) is 3.91. The second kappa shape index (κ2) is 4.97. The minimum atomic E-state index is -2.93. The molecule has 0 aliphatic rings. The Morgan fingerprint density at radius 2 is 1.86 bits per heavy atom. The van der Waals surface area contributed by atoms with Crippen LogP contribution in [0.25, 0.3) is 0 Å². The van der Waals surface area contributed by atoms with Crippen molar-refractivity contribution in [2.24, 2.45) is 0 Å². The molecule has 0 aromatic heterocycles. The van der Waals surface area contributed by atoms with E-state index in [1.165, 1.54) is 6.26 Å². The van der Waals surface area contributed by atoms with E-state index in [0.717, 1.165) is 5.69 Å². The lowest BCUT2D eigenvalue weighted by Gasteiger charge is -2.06. The van der Waals surface area contributed by atoms with Crippen molar-refractivity contribution in [2.45, 2.75) is 0 Å². The van der Waals surface area contributed by atoms with Gasteiger partial charge >= 0.3 is 0 Å². The standard InChI is InChI=1S/C9H14N2O2S/c1-14(12,13)8-10-7-11-9-5-3-2-4-6-9/h2-6,10-11H,7-8H2,1H3. The summed E-state index contributed by atoms with van der Waals surface area (Å²) in [5.74, 6) is -0.00711. The quantitative estimate of drug-likeness (QED) is 0.558. The van der Waals surface area contributed by atoms with Crippen LogP contribution in [0.4, 0.5) is 5.69 Å². The molecule has 0 aliphatic carbocycles. The number of sulfone groups is 1. The number of hydrogen-bond acceptors (Lipinski definition) is 4. The Bertz CT molecular complexity index is 362. The Morgan fingerprint density at radius 1 is 1.21 bits per heavy atom. The summed E-state index contributed by atoms with van der Waals surface area (Å²) in [7, 11) is -2.93. The molecule has 0 heterocycles. The lowest BCUT2D eigenvalue weighted by atomic mass is 10.3. The first-order valence-electron chi connectivity index (χ1n) is 4.25. The van der Waals surface area contributed by atoms with E-state index < -0.39 is 9.84 Å². The van der Waals surface area contributed by atoms with E-state index in [0.29, 0.717) is 6.67 Å². The van der Waals surface area contributed by atoms with Gasteiger partial charge in [-0.05, 0) is 12.1 Å². The molecule has 5 heteroatoms. The molecule has 0 unspecified atom stereocenters. The smallest absolute Gasteiger partial charge is 0.160 e. The van der Waals surface area contributed by atoms with Crippen LogP contribution in [0.1, 0.15) is 0 Å². The molecule has 78 valence electrons. The molecule has 0 saturated carbocycles. The number of nitrogens with one attached hydrogen (secondary N) is 2. The molecule has 1 aromatic carbocycles. The zero-order valence-electron chi connectivity index (χ0n) is 8.03. The first kappa shape index (κ1) is 11.0. The monoisotopic (exact) mass is 214 g/mol. The maximum absolute atomic E-state index is 10.8. The minimum Gasteiger partial charge on any atom is -0.372 e. The van der Waals surface area contributed by atoms with E-state index >= 15 is 0 Å². The van der Waals surface area contributed by atoms with Crippen LogP contribution in [0.2, 0.25) is 0 Å². The molecule has 0 amide bonds. The van der Waals surface area contributed by atoms with Crippen LogP contribution in [-0.4, -0.2) is 27.2 Å². The predicted octanol–water partition coefficient (Wildman–Crippen LogP) is 0.648. The molecule has 1 rings (SSSR count). The van der Waals surface area contributed by atoms with Gasteiger partial charge < -0.3 is 5.32 Å². The van der Waals surface area contributed by atoms with E-state index in [4.69, 9.17) is 0 Å². The fourth-order valence-electron chi connectivity index (χ4n) is 0.957. The van der Waals surface area contributed by atoms with Crippen molar-refractivity contribution in [1.82, 2.24) is 5.32 Å². The van der Waals surface area contributed by atoms with Gasteiger partial charge in [-0.25, -0.2) is 8.42 Å². The van der Waals surface area contributed by atoms with Gasteiger partial charge in [-0.1, -0.05) is 18.2 Å². The molecule has 4 nitrogen and oxygen atoms in total. The lowest BCUT2D eigenvalue weighted by Crippen LogP contribution is -2.27. The minimum absolute atomic E-state index is 0.00711. The number of anilines is 1. The summed E-state index contributed by atoms with van der Waals surface area (Å²) >= 11 is 0. The third-order valence-electron chi connectivity index (χ3n) is 1.56. The van der Waals surface area contributed by atoms with Gasteiger partial charge in [0.05, 0.1) is 6.67 Å². The van der Waals surface area contributed by atoms with Crippen LogP contribution in [0.15, 0.2) is 30.3 Å². The summed E-state index contributed by atoms with van der Waals surface area (Å²) in [6.07, 6.45) is 1.20. The molecule has 0 fully saturated rings. The first-order valence-corrected chi connectivity index (χ1v) is 6.31. The van der Waals surface area contributed by atoms with Crippen LogP contribution < -0.4 is 10.6 Å². The van der Waals surface area contributed by atoms with Crippen molar-refractivity contribution in [2.75, 3.05) is 24.1 Å². The van der Waals surface area contributed by atoms with Gasteiger partial charge in [0.2, 0.25) is 0 Å². The molecular weight excluding hydrogens is 200 g/mol. The second-order valence-electron chi connectivity index (χ2n) is 3.04. The summed E-state index contributed by atoms with van der Waals surface area (Å²) in [6.45, 7) is 0.442. The van der Waals surface area contributed by atoms with Gasteiger partial charge in [0.1, 0.15) is 5.88 Å². The van der Waals surface area contributed by atoms with E-state index in [-0.39, 0.29) is 5.88 Å². The number of hydrogen-bond donors (Lipinski definition) is 2. The fraction of sp³-hybridized carbons (Fsp3) is 0.333. The molecule has 0 saturated heterocycles. The summed E-state index contributed by atoms with van der Waals surface area (Å²) < 4.78 is 21.5. The molecule has 14 heavy (non-hydrogen) atoms. The third kappa shape index (κ3) is 4.84. The fourth-order valence-corrected chi connectivity index (χ4v) is 1.43. The molecular formula is C9H14N2O2S. The summed E-state index contributed by atoms with van der Waals surface area (Å²) in [5, 5.41) is 5.82. The van der Waals surface area contributed by atoms with Crippen molar-refractivity contribution >= 4 is 15.5 Å². The SMILES string of the molecule is CS(=O)(=O)CNCNc1ccccc1. The maximum Gasteiger partial charge on any atom is 0.160 e.